The van der Waals surface area contributed by atoms with Gasteiger partial charge in [-0.1, -0.05) is 66.7 Å². The van der Waals surface area contributed by atoms with Crippen molar-refractivity contribution < 1.29 is 37.0 Å². The molecule has 50 heavy (non-hydrogen) atoms. The smallest absolute Gasteiger partial charge is 0.350 e. The summed E-state index contributed by atoms with van der Waals surface area (Å²) in [5.41, 5.74) is -0.186. The van der Waals surface area contributed by atoms with Crippen molar-refractivity contribution in [1.29, 1.82) is 0 Å². The van der Waals surface area contributed by atoms with Crippen LogP contribution in [-0.4, -0.2) is 58.6 Å². The van der Waals surface area contributed by atoms with Crippen LogP contribution < -0.4 is 4.74 Å². The van der Waals surface area contributed by atoms with E-state index < -0.39 is 34.3 Å². The lowest BCUT2D eigenvalue weighted by Crippen LogP contribution is -2.50. The minimum atomic E-state index is -2.14. The lowest BCUT2D eigenvalue weighted by Gasteiger charge is -2.46. The van der Waals surface area contributed by atoms with Crippen LogP contribution in [0.3, 0.4) is 0 Å². The molecule has 7 atom stereocenters. The van der Waals surface area contributed by atoms with Crippen LogP contribution in [0.4, 0.5) is 4.39 Å². The van der Waals surface area contributed by atoms with Gasteiger partial charge >= 0.3 is 11.9 Å². The van der Waals surface area contributed by atoms with E-state index >= 15 is 0 Å². The van der Waals surface area contributed by atoms with Gasteiger partial charge in [0.1, 0.15) is 23.8 Å². The molecule has 0 saturated carbocycles. The Kier molecular flexibility index (Phi) is 12.1. The van der Waals surface area contributed by atoms with Gasteiger partial charge in [-0.15, -0.1) is 0 Å². The topological polar surface area (TPSA) is 80.3 Å². The molecule has 1 heterocycles. The molecule has 7 nitrogen and oxygen atoms in total. The standard InChI is InChI=1S/C40H63FO7Si2/c1-26-14-15-27-22-31(47-49(10,11)38(2,3)4)24-34(45-37(43)40(8,9)46-29-18-16-28(41)17-19-29)36(27)33(26)21-20-30-23-32(25-35(42)44-30)48-50(12,13)39(5,6)7/h14-19,22,26,30-34,36H,20-21,23-25H2,1-13H3/t26?,30-,31?,32-,33?,34?,36?/m1/s1. The van der Waals surface area contributed by atoms with E-state index in [-0.39, 0.29) is 57.9 Å². The van der Waals surface area contributed by atoms with Gasteiger partial charge in [0, 0.05) is 18.8 Å². The predicted molar refractivity (Wildman–Crippen MR) is 201 cm³/mol. The summed E-state index contributed by atoms with van der Waals surface area (Å²) in [5.74, 6) is -0.343. The molecule has 0 aromatic heterocycles. The summed E-state index contributed by atoms with van der Waals surface area (Å²) >= 11 is 0. The zero-order chi connectivity index (χ0) is 37.4. The molecule has 1 saturated heterocycles. The fourth-order valence-corrected chi connectivity index (χ4v) is 9.45. The summed E-state index contributed by atoms with van der Waals surface area (Å²) in [6.07, 6.45) is 8.70. The van der Waals surface area contributed by atoms with Crippen LogP contribution in [-0.2, 0) is 27.9 Å². The lowest BCUT2D eigenvalue weighted by molar-refractivity contribution is -0.171. The van der Waals surface area contributed by atoms with E-state index in [4.69, 9.17) is 23.1 Å². The highest BCUT2D eigenvalue weighted by Gasteiger charge is 2.48. The van der Waals surface area contributed by atoms with E-state index in [2.05, 4.69) is 92.9 Å². The monoisotopic (exact) mass is 730 g/mol. The molecule has 5 unspecified atom stereocenters. The average molecular weight is 731 g/mol. The number of halogens is 1. The minimum absolute atomic E-state index is 0.0164. The second-order valence-electron chi connectivity index (χ2n) is 18.4. The fraction of sp³-hybridized carbons (Fsp3) is 0.700. The largest absolute Gasteiger partial charge is 0.476 e. The van der Waals surface area contributed by atoms with Gasteiger partial charge in [0.2, 0.25) is 0 Å². The molecule has 2 aliphatic carbocycles. The number of fused-ring (bicyclic) bond motifs is 1. The molecule has 1 aromatic rings. The zero-order valence-corrected chi connectivity index (χ0v) is 34.9. The predicted octanol–water partition coefficient (Wildman–Crippen LogP) is 9.93. The number of ether oxygens (including phenoxy) is 3. The molecule has 1 aromatic carbocycles. The van der Waals surface area contributed by atoms with Gasteiger partial charge in [0.05, 0.1) is 18.6 Å². The molecule has 3 aliphatic rings. The highest BCUT2D eigenvalue weighted by Crippen LogP contribution is 2.47. The Bertz CT molecular complexity index is 1420. The molecular formula is C40H63FO7Si2. The number of benzene rings is 1. The molecule has 4 rings (SSSR count). The van der Waals surface area contributed by atoms with E-state index in [1.807, 2.05) is 0 Å². The maximum Gasteiger partial charge on any atom is 0.350 e. The molecule has 1 fully saturated rings. The molecule has 280 valence electrons. The van der Waals surface area contributed by atoms with E-state index in [0.29, 0.717) is 31.4 Å². The number of allylic oxidation sites excluding steroid dienone is 2. The van der Waals surface area contributed by atoms with Crippen molar-refractivity contribution in [3.05, 3.63) is 53.9 Å². The van der Waals surface area contributed by atoms with E-state index in [9.17, 15) is 14.0 Å². The number of rotatable bonds is 11. The Morgan fingerprint density at radius 1 is 0.900 bits per heavy atom. The van der Waals surface area contributed by atoms with Gasteiger partial charge in [0.25, 0.3) is 0 Å². The molecule has 0 bridgehead atoms. The first-order valence-electron chi connectivity index (χ1n) is 18.5. The van der Waals surface area contributed by atoms with Crippen LogP contribution >= 0.6 is 0 Å². The summed E-state index contributed by atoms with van der Waals surface area (Å²) in [4.78, 5) is 26.7. The van der Waals surface area contributed by atoms with Crippen molar-refractivity contribution in [2.45, 2.75) is 161 Å². The van der Waals surface area contributed by atoms with Gasteiger partial charge in [-0.05, 0) is 105 Å². The minimum Gasteiger partial charge on any atom is -0.476 e. The highest BCUT2D eigenvalue weighted by atomic mass is 28.4. The third kappa shape index (κ3) is 9.78. The summed E-state index contributed by atoms with van der Waals surface area (Å²) in [6, 6.07) is 5.64. The van der Waals surface area contributed by atoms with Crippen LogP contribution in [0.1, 0.15) is 94.4 Å². The van der Waals surface area contributed by atoms with Crippen molar-refractivity contribution >= 4 is 28.6 Å². The quantitative estimate of drug-likeness (QED) is 0.166. The van der Waals surface area contributed by atoms with E-state index in [1.54, 1.807) is 13.8 Å². The van der Waals surface area contributed by atoms with E-state index in [1.165, 1.54) is 24.3 Å². The van der Waals surface area contributed by atoms with Crippen LogP contribution in [0.2, 0.25) is 36.3 Å². The molecule has 1 aliphatic heterocycles. The molecule has 0 N–H and O–H groups in total. The summed E-state index contributed by atoms with van der Waals surface area (Å²) in [7, 11) is -4.20. The maximum atomic E-state index is 13.9. The van der Waals surface area contributed by atoms with Crippen LogP contribution in [0.15, 0.2) is 48.1 Å². The third-order valence-corrected chi connectivity index (χ3v) is 20.9. The SMILES string of the molecule is CC1C=CC2=CC(O[Si](C)(C)C(C)(C)C)CC(OC(=O)C(C)(C)Oc3ccc(F)cc3)C2C1CC[C@@H]1C[C@@H](O[Si](C)(C)C(C)(C)C)CC(=O)O1. The normalized spacial score (nSPS) is 28.0. The Balaban J connectivity index is 1.57. The van der Waals surface area contributed by atoms with Crippen molar-refractivity contribution in [3.8, 4) is 5.75 Å². The molecule has 10 heteroatoms. The summed E-state index contributed by atoms with van der Waals surface area (Å²) in [6.45, 7) is 27.8. The zero-order valence-electron chi connectivity index (χ0n) is 32.9. The van der Waals surface area contributed by atoms with Gasteiger partial charge < -0.3 is 23.1 Å². The van der Waals surface area contributed by atoms with Crippen molar-refractivity contribution in [1.82, 2.24) is 0 Å². The highest BCUT2D eigenvalue weighted by molar-refractivity contribution is 6.74. The van der Waals surface area contributed by atoms with Crippen LogP contribution in [0.25, 0.3) is 0 Å². The number of hydrogen-bond donors (Lipinski definition) is 0. The lowest BCUT2D eigenvalue weighted by atomic mass is 9.66. The molecule has 0 amide bonds. The van der Waals surface area contributed by atoms with Gasteiger partial charge in [-0.3, -0.25) is 4.79 Å². The first-order chi connectivity index (χ1) is 22.9. The molecule has 0 radical (unpaired) electrons. The van der Waals surface area contributed by atoms with Crippen molar-refractivity contribution in [2.24, 2.45) is 17.8 Å². The van der Waals surface area contributed by atoms with Gasteiger partial charge in [-0.2, -0.15) is 0 Å². The van der Waals surface area contributed by atoms with E-state index in [0.717, 1.165) is 12.0 Å². The Labute approximate surface area is 303 Å². The number of carbonyl (C=O) groups is 2. The third-order valence-electron chi connectivity index (χ3n) is 11.9. The van der Waals surface area contributed by atoms with Gasteiger partial charge in [-0.25, -0.2) is 9.18 Å². The number of carbonyl (C=O) groups excluding carboxylic acids is 2. The van der Waals surface area contributed by atoms with Crippen LogP contribution in [0.5, 0.6) is 5.75 Å². The average Bonchev–Trinajstić information content (AvgIpc) is 2.96. The number of cyclic esters (lactones) is 1. The first-order valence-corrected chi connectivity index (χ1v) is 24.3. The second-order valence-corrected chi connectivity index (χ2v) is 27.9. The Morgan fingerprint density at radius 3 is 2.10 bits per heavy atom. The van der Waals surface area contributed by atoms with Crippen molar-refractivity contribution in [3.63, 3.8) is 0 Å². The van der Waals surface area contributed by atoms with Crippen LogP contribution in [0, 0.1) is 23.6 Å². The maximum absolute atomic E-state index is 13.9. The molecule has 0 spiro atoms. The van der Waals surface area contributed by atoms with Gasteiger partial charge in [0.15, 0.2) is 22.2 Å². The first kappa shape index (κ1) is 40.5. The fourth-order valence-electron chi connectivity index (χ4n) is 6.81. The summed E-state index contributed by atoms with van der Waals surface area (Å²) in [5, 5.41) is 0.0667. The second kappa shape index (κ2) is 15.0. The summed E-state index contributed by atoms with van der Waals surface area (Å²) < 4.78 is 45.6. The van der Waals surface area contributed by atoms with Crippen molar-refractivity contribution in [2.75, 3.05) is 0 Å². The number of hydrogen-bond acceptors (Lipinski definition) is 7. The molecular weight excluding hydrogens is 668 g/mol. The Hall–Kier alpha value is -2.28. The number of esters is 2. The Morgan fingerprint density at radius 2 is 1.50 bits per heavy atom.